The largest absolute Gasteiger partial charge is 0.488 e. The second kappa shape index (κ2) is 6.67. The number of nitrogens with one attached hydrogen (secondary N) is 2. The molecule has 0 saturated heterocycles. The average Bonchev–Trinajstić information content (AvgIpc) is 3.02. The Morgan fingerprint density at radius 2 is 2.15 bits per heavy atom. The number of hydrogen-bond acceptors (Lipinski definition) is 4. The van der Waals surface area contributed by atoms with Crippen molar-refractivity contribution in [3.63, 3.8) is 0 Å². The average molecular weight is 355 g/mol. The van der Waals surface area contributed by atoms with E-state index in [9.17, 15) is 9.18 Å². The highest BCUT2D eigenvalue weighted by Crippen LogP contribution is 2.32. The number of aromatic amines is 1. The third kappa shape index (κ3) is 3.20. The lowest BCUT2D eigenvalue weighted by molar-refractivity contribution is 0.137. The van der Waals surface area contributed by atoms with Crippen LogP contribution in [0.5, 0.6) is 5.75 Å². The van der Waals surface area contributed by atoms with E-state index in [-0.39, 0.29) is 18.5 Å². The lowest BCUT2D eigenvalue weighted by atomic mass is 10.0. The number of ether oxygens (including phenoxy) is 2. The summed E-state index contributed by atoms with van der Waals surface area (Å²) in [6.45, 7) is 2.36. The molecule has 7 heteroatoms. The summed E-state index contributed by atoms with van der Waals surface area (Å²) in [5.41, 5.74) is 2.98. The van der Waals surface area contributed by atoms with E-state index in [0.29, 0.717) is 24.2 Å². The number of rotatable bonds is 0. The molecule has 0 saturated carbocycles. The number of carbonyl (C=O) groups excluding carboxylic acids is 1. The molecule has 1 atom stereocenters. The third-order valence-electron chi connectivity index (χ3n) is 4.33. The van der Waals surface area contributed by atoms with Gasteiger partial charge in [-0.1, -0.05) is 18.2 Å². The van der Waals surface area contributed by atoms with E-state index in [4.69, 9.17) is 9.47 Å². The van der Waals surface area contributed by atoms with Crippen molar-refractivity contribution in [3.05, 3.63) is 47.8 Å². The van der Waals surface area contributed by atoms with Gasteiger partial charge in [0.2, 0.25) is 0 Å². The fraction of sp³-hybridized carbons (Fsp3) is 0.263. The molecule has 2 heterocycles. The van der Waals surface area contributed by atoms with Gasteiger partial charge in [-0.25, -0.2) is 9.18 Å². The first kappa shape index (κ1) is 16.4. The summed E-state index contributed by atoms with van der Waals surface area (Å²) in [6, 6.07) is 10.6. The van der Waals surface area contributed by atoms with Crippen molar-refractivity contribution < 1.29 is 18.7 Å². The number of hydrogen-bond donors (Lipinski definition) is 2. The van der Waals surface area contributed by atoms with Crippen molar-refractivity contribution in [2.75, 3.05) is 6.54 Å². The zero-order valence-electron chi connectivity index (χ0n) is 14.2. The molecule has 1 aliphatic rings. The summed E-state index contributed by atoms with van der Waals surface area (Å²) in [4.78, 5) is 11.8. The van der Waals surface area contributed by atoms with Crippen LogP contribution in [-0.2, 0) is 11.3 Å². The Hall–Kier alpha value is -3.09. The van der Waals surface area contributed by atoms with Crippen LogP contribution in [0.2, 0.25) is 0 Å². The Morgan fingerprint density at radius 1 is 1.27 bits per heavy atom. The summed E-state index contributed by atoms with van der Waals surface area (Å²) >= 11 is 0. The van der Waals surface area contributed by atoms with Gasteiger partial charge in [-0.3, -0.25) is 5.10 Å². The van der Waals surface area contributed by atoms with Gasteiger partial charge in [0, 0.05) is 30.0 Å². The fourth-order valence-corrected chi connectivity index (χ4v) is 2.99. The number of H-pyrrole nitrogens is 1. The molecule has 1 aliphatic heterocycles. The van der Waals surface area contributed by atoms with Gasteiger partial charge in [0.1, 0.15) is 12.3 Å². The van der Waals surface area contributed by atoms with Gasteiger partial charge in [-0.05, 0) is 24.6 Å². The molecular weight excluding hydrogens is 337 g/mol. The number of alkyl carbamates (subject to hydrolysis) is 1. The zero-order chi connectivity index (χ0) is 18.1. The number of carbonyl (C=O) groups is 1. The predicted octanol–water partition coefficient (Wildman–Crippen LogP) is 3.77. The van der Waals surface area contributed by atoms with E-state index >= 15 is 0 Å². The number of nitrogens with zero attached hydrogens (tertiary/aromatic N) is 1. The van der Waals surface area contributed by atoms with Crippen LogP contribution in [0.3, 0.4) is 0 Å². The number of cyclic esters (lactones) is 1. The van der Waals surface area contributed by atoms with Crippen molar-refractivity contribution in [2.24, 2.45) is 0 Å². The minimum Gasteiger partial charge on any atom is -0.488 e. The SMILES string of the molecule is C[C@@H]1CCNC(=O)OCc2cccc(c2)-c2n[nH]c3cc(F)c(cc23)O1. The summed E-state index contributed by atoms with van der Waals surface area (Å²) in [7, 11) is 0. The topological polar surface area (TPSA) is 76.2 Å². The molecular formula is C19H18FN3O3. The van der Waals surface area contributed by atoms with Gasteiger partial charge in [0.05, 0.1) is 11.6 Å². The lowest BCUT2D eigenvalue weighted by Gasteiger charge is -2.15. The Labute approximate surface area is 149 Å². The highest BCUT2D eigenvalue weighted by molar-refractivity contribution is 5.94. The molecule has 4 bridgehead atoms. The van der Waals surface area contributed by atoms with Crippen molar-refractivity contribution in [1.29, 1.82) is 0 Å². The van der Waals surface area contributed by atoms with Gasteiger partial charge >= 0.3 is 6.09 Å². The van der Waals surface area contributed by atoms with Crippen LogP contribution in [0.15, 0.2) is 36.4 Å². The zero-order valence-corrected chi connectivity index (χ0v) is 14.2. The summed E-state index contributed by atoms with van der Waals surface area (Å²) in [6.07, 6.45) is -0.242. The lowest BCUT2D eigenvalue weighted by Crippen LogP contribution is -2.28. The normalized spacial score (nSPS) is 17.8. The predicted molar refractivity (Wildman–Crippen MR) is 94.4 cm³/mol. The first-order valence-corrected chi connectivity index (χ1v) is 8.44. The Bertz CT molecular complexity index is 970. The monoisotopic (exact) mass is 355 g/mol. The van der Waals surface area contributed by atoms with Crippen LogP contribution in [0, 0.1) is 5.82 Å². The van der Waals surface area contributed by atoms with Crippen molar-refractivity contribution in [2.45, 2.75) is 26.1 Å². The van der Waals surface area contributed by atoms with E-state index < -0.39 is 11.9 Å². The molecule has 0 unspecified atom stereocenters. The number of amides is 1. The minimum atomic E-state index is -0.494. The van der Waals surface area contributed by atoms with Crippen molar-refractivity contribution in [3.8, 4) is 17.0 Å². The first-order chi connectivity index (χ1) is 12.6. The molecule has 134 valence electrons. The van der Waals surface area contributed by atoms with E-state index in [0.717, 1.165) is 16.5 Å². The second-order valence-corrected chi connectivity index (χ2v) is 6.32. The number of aromatic nitrogens is 2. The molecule has 0 fully saturated rings. The van der Waals surface area contributed by atoms with Crippen LogP contribution in [0.25, 0.3) is 22.2 Å². The van der Waals surface area contributed by atoms with E-state index in [1.165, 1.54) is 6.07 Å². The molecule has 1 amide bonds. The van der Waals surface area contributed by atoms with Crippen LogP contribution < -0.4 is 10.1 Å². The van der Waals surface area contributed by atoms with Gasteiger partial charge in [-0.2, -0.15) is 5.10 Å². The Balaban J connectivity index is 1.82. The summed E-state index contributed by atoms with van der Waals surface area (Å²) < 4.78 is 25.3. The molecule has 3 aromatic rings. The molecule has 1 aromatic heterocycles. The van der Waals surface area contributed by atoms with Crippen LogP contribution in [0.1, 0.15) is 18.9 Å². The minimum absolute atomic E-state index is 0.161. The molecule has 0 aliphatic carbocycles. The van der Waals surface area contributed by atoms with E-state index in [1.807, 2.05) is 31.2 Å². The number of halogens is 1. The standard InChI is InChI=1S/C19H18FN3O3/c1-11-5-6-21-19(24)25-10-12-3-2-4-13(7-12)18-14-8-17(26-11)15(20)9-16(14)22-23-18/h2-4,7-9,11H,5-6,10H2,1H3,(H,21,24)(H,22,23)/t11-/m1/s1. The summed E-state index contributed by atoms with van der Waals surface area (Å²) in [5, 5.41) is 10.6. The van der Waals surface area contributed by atoms with Gasteiger partial charge in [0.25, 0.3) is 0 Å². The first-order valence-electron chi connectivity index (χ1n) is 8.44. The molecule has 6 nitrogen and oxygen atoms in total. The Kier molecular flexibility index (Phi) is 4.20. The molecule has 26 heavy (non-hydrogen) atoms. The van der Waals surface area contributed by atoms with Gasteiger partial charge < -0.3 is 14.8 Å². The maximum Gasteiger partial charge on any atom is 0.407 e. The van der Waals surface area contributed by atoms with Crippen LogP contribution >= 0.6 is 0 Å². The van der Waals surface area contributed by atoms with Gasteiger partial charge in [0.15, 0.2) is 11.6 Å². The molecule has 0 spiro atoms. The molecule has 2 N–H and O–H groups in total. The molecule has 2 aromatic carbocycles. The van der Waals surface area contributed by atoms with E-state index in [1.54, 1.807) is 6.07 Å². The smallest absolute Gasteiger partial charge is 0.407 e. The fourth-order valence-electron chi connectivity index (χ4n) is 2.99. The molecule has 4 rings (SSSR count). The number of benzene rings is 2. The maximum absolute atomic E-state index is 14.4. The van der Waals surface area contributed by atoms with Crippen molar-refractivity contribution >= 4 is 17.0 Å². The number of fused-ring (bicyclic) bond motifs is 4. The maximum atomic E-state index is 14.4. The van der Waals surface area contributed by atoms with Crippen LogP contribution in [-0.4, -0.2) is 28.9 Å². The highest BCUT2D eigenvalue weighted by atomic mass is 19.1. The highest BCUT2D eigenvalue weighted by Gasteiger charge is 2.16. The third-order valence-corrected chi connectivity index (χ3v) is 4.33. The van der Waals surface area contributed by atoms with Gasteiger partial charge in [-0.15, -0.1) is 0 Å². The second-order valence-electron chi connectivity index (χ2n) is 6.32. The summed E-state index contributed by atoms with van der Waals surface area (Å²) in [5.74, 6) is -0.286. The molecule has 0 radical (unpaired) electrons. The van der Waals surface area contributed by atoms with Crippen LogP contribution in [0.4, 0.5) is 9.18 Å². The Morgan fingerprint density at radius 3 is 3.04 bits per heavy atom. The van der Waals surface area contributed by atoms with Crippen molar-refractivity contribution in [1.82, 2.24) is 15.5 Å². The van der Waals surface area contributed by atoms with E-state index in [2.05, 4.69) is 15.5 Å². The quantitative estimate of drug-likeness (QED) is 0.644.